The van der Waals surface area contributed by atoms with Crippen LogP contribution in [0.2, 0.25) is 0 Å². The van der Waals surface area contributed by atoms with Gasteiger partial charge in [-0.05, 0) is 37.5 Å². The molecular weight excluding hydrogens is 382 g/mol. The topological polar surface area (TPSA) is 55.4 Å². The van der Waals surface area contributed by atoms with E-state index in [0.717, 1.165) is 5.56 Å². The Morgan fingerprint density at radius 2 is 1.72 bits per heavy atom. The van der Waals surface area contributed by atoms with Crippen LogP contribution in [0, 0.1) is 20.8 Å². The lowest BCUT2D eigenvalue weighted by Crippen LogP contribution is -2.38. The number of carbonyl (C=O) groups is 2. The summed E-state index contributed by atoms with van der Waals surface area (Å²) >= 11 is 3.51. The van der Waals surface area contributed by atoms with Gasteiger partial charge in [0, 0.05) is 10.9 Å². The molecule has 4 nitrogen and oxygen atoms in total. The van der Waals surface area contributed by atoms with Crippen LogP contribution in [0.25, 0.3) is 0 Å². The number of amides is 1. The van der Waals surface area contributed by atoms with E-state index in [-0.39, 0.29) is 0 Å². The number of rotatable bonds is 5. The van der Waals surface area contributed by atoms with Gasteiger partial charge in [0.05, 0.1) is 7.11 Å². The highest BCUT2D eigenvalue weighted by Crippen LogP contribution is 2.21. The molecule has 1 atom stereocenters. The second-order valence-corrected chi connectivity index (χ2v) is 6.56. The lowest BCUT2D eigenvalue weighted by atomic mass is 10.1. The predicted octanol–water partition coefficient (Wildman–Crippen LogP) is 3.89. The number of hydrogen-bond acceptors (Lipinski definition) is 3. The molecule has 0 unspecified atom stereocenters. The Bertz CT molecular complexity index is 678. The van der Waals surface area contributed by atoms with Gasteiger partial charge in [-0.15, -0.1) is 0 Å². The van der Waals surface area contributed by atoms with Crippen LogP contribution in [0.4, 0.5) is 0 Å². The fourth-order valence-electron chi connectivity index (χ4n) is 2.45. The summed E-state index contributed by atoms with van der Waals surface area (Å²) in [6.07, 6.45) is 0.941. The summed E-state index contributed by atoms with van der Waals surface area (Å²) in [5, 5.41) is 2.43. The highest BCUT2D eigenvalue weighted by molar-refractivity contribution is 9.10. The van der Waals surface area contributed by atoms with Crippen molar-refractivity contribution in [1.82, 2.24) is 5.32 Å². The quantitative estimate of drug-likeness (QED) is 0.606. The smallest absolute Gasteiger partial charge is 0.328 e. The van der Waals surface area contributed by atoms with Crippen LogP contribution in [0.1, 0.15) is 22.3 Å². The largest absolute Gasteiger partial charge is 0.467 e. The Balaban J connectivity index is 0.000000271. The molecule has 0 aromatic heterocycles. The molecule has 0 aliphatic rings. The van der Waals surface area contributed by atoms with E-state index in [9.17, 15) is 9.59 Å². The van der Waals surface area contributed by atoms with Crippen molar-refractivity contribution in [3.05, 3.63) is 69.2 Å². The molecule has 2 aromatic rings. The van der Waals surface area contributed by atoms with E-state index in [0.29, 0.717) is 12.8 Å². The lowest BCUT2D eigenvalue weighted by molar-refractivity contribution is -0.144. The highest BCUT2D eigenvalue weighted by atomic mass is 79.9. The van der Waals surface area contributed by atoms with Crippen molar-refractivity contribution < 1.29 is 14.3 Å². The van der Waals surface area contributed by atoms with E-state index in [4.69, 9.17) is 0 Å². The minimum Gasteiger partial charge on any atom is -0.467 e. The second-order valence-electron chi connectivity index (χ2n) is 5.76. The van der Waals surface area contributed by atoms with Crippen molar-refractivity contribution >= 4 is 28.3 Å². The molecule has 1 amide bonds. The third-order valence-corrected chi connectivity index (χ3v) is 4.87. The zero-order valence-electron chi connectivity index (χ0n) is 15.0. The number of hydrogen-bond donors (Lipinski definition) is 1. The molecule has 2 aromatic carbocycles. The molecule has 0 fully saturated rings. The SMILES string of the molecule is COC(=O)[C@H](Cc1ccccc1)NC=O.Cc1cc(C)c(Br)c(C)c1. The van der Waals surface area contributed by atoms with Gasteiger partial charge in [-0.2, -0.15) is 0 Å². The number of methoxy groups -OCH3 is 1. The maximum absolute atomic E-state index is 11.3. The Hall–Kier alpha value is -2.14. The zero-order valence-corrected chi connectivity index (χ0v) is 16.6. The van der Waals surface area contributed by atoms with Gasteiger partial charge in [-0.3, -0.25) is 4.79 Å². The van der Waals surface area contributed by atoms with Crippen molar-refractivity contribution in [2.75, 3.05) is 7.11 Å². The molecule has 0 saturated heterocycles. The fourth-order valence-corrected chi connectivity index (χ4v) is 2.68. The molecule has 0 aliphatic heterocycles. The standard InChI is InChI=1S/C11H13NO3.C9H11Br/c1-15-11(14)10(12-8-13)7-9-5-3-2-4-6-9;1-6-4-7(2)9(10)8(3)5-6/h2-6,8,10H,7H2,1H3,(H,12,13);4-5H,1-3H3/t10-;/m0./s1. The van der Waals surface area contributed by atoms with E-state index in [2.05, 4.69) is 58.9 Å². The van der Waals surface area contributed by atoms with Crippen LogP contribution in [0.3, 0.4) is 0 Å². The summed E-state index contributed by atoms with van der Waals surface area (Å²) in [6.45, 7) is 6.35. The summed E-state index contributed by atoms with van der Waals surface area (Å²) < 4.78 is 5.81. The summed E-state index contributed by atoms with van der Waals surface area (Å²) in [5.74, 6) is -0.439. The number of halogens is 1. The first-order valence-electron chi connectivity index (χ1n) is 7.93. The molecule has 0 heterocycles. The monoisotopic (exact) mass is 405 g/mol. The van der Waals surface area contributed by atoms with Gasteiger partial charge in [0.15, 0.2) is 0 Å². The van der Waals surface area contributed by atoms with Crippen LogP contribution in [-0.4, -0.2) is 25.5 Å². The maximum Gasteiger partial charge on any atom is 0.328 e. The Kier molecular flexibility index (Phi) is 8.92. The average Bonchev–Trinajstić information content (AvgIpc) is 2.60. The minimum atomic E-state index is -0.616. The van der Waals surface area contributed by atoms with Crippen molar-refractivity contribution in [1.29, 1.82) is 0 Å². The van der Waals surface area contributed by atoms with Crippen LogP contribution in [-0.2, 0) is 20.7 Å². The molecule has 0 radical (unpaired) electrons. The minimum absolute atomic E-state index is 0.437. The van der Waals surface area contributed by atoms with Crippen LogP contribution in [0.15, 0.2) is 46.9 Å². The summed E-state index contributed by atoms with van der Waals surface area (Å²) in [7, 11) is 1.30. The Morgan fingerprint density at radius 3 is 2.20 bits per heavy atom. The number of benzene rings is 2. The molecule has 1 N–H and O–H groups in total. The summed E-state index contributed by atoms with van der Waals surface area (Å²) in [6, 6.07) is 13.2. The number of aryl methyl sites for hydroxylation is 3. The number of ether oxygens (including phenoxy) is 1. The summed E-state index contributed by atoms with van der Waals surface area (Å²) in [4.78, 5) is 21.6. The summed E-state index contributed by atoms with van der Waals surface area (Å²) in [5.41, 5.74) is 4.94. The molecule has 0 saturated carbocycles. The number of nitrogens with one attached hydrogen (secondary N) is 1. The van der Waals surface area contributed by atoms with Crippen molar-refractivity contribution in [3.63, 3.8) is 0 Å². The van der Waals surface area contributed by atoms with Gasteiger partial charge >= 0.3 is 5.97 Å². The normalized spacial score (nSPS) is 10.9. The van der Waals surface area contributed by atoms with Crippen LogP contribution < -0.4 is 5.32 Å². The van der Waals surface area contributed by atoms with Crippen LogP contribution >= 0.6 is 15.9 Å². The van der Waals surface area contributed by atoms with Crippen molar-refractivity contribution in [3.8, 4) is 0 Å². The average molecular weight is 406 g/mol. The predicted molar refractivity (Wildman–Crippen MR) is 104 cm³/mol. The van der Waals surface area contributed by atoms with E-state index in [1.165, 1.54) is 28.3 Å². The zero-order chi connectivity index (χ0) is 18.8. The molecule has 25 heavy (non-hydrogen) atoms. The molecule has 0 aliphatic carbocycles. The van der Waals surface area contributed by atoms with E-state index in [1.54, 1.807) is 0 Å². The molecule has 2 rings (SSSR count). The Morgan fingerprint density at radius 1 is 1.16 bits per heavy atom. The highest BCUT2D eigenvalue weighted by Gasteiger charge is 2.18. The van der Waals surface area contributed by atoms with Crippen molar-refractivity contribution in [2.45, 2.75) is 33.2 Å². The van der Waals surface area contributed by atoms with E-state index in [1.807, 2.05) is 30.3 Å². The third kappa shape index (κ3) is 7.10. The van der Waals surface area contributed by atoms with Gasteiger partial charge in [-0.1, -0.05) is 64.0 Å². The first-order chi connectivity index (χ1) is 11.9. The van der Waals surface area contributed by atoms with E-state index >= 15 is 0 Å². The fraction of sp³-hybridized carbons (Fsp3) is 0.300. The third-order valence-electron chi connectivity index (χ3n) is 3.62. The van der Waals surface area contributed by atoms with Crippen molar-refractivity contribution in [2.24, 2.45) is 0 Å². The number of esters is 1. The molecule has 0 spiro atoms. The molecule has 5 heteroatoms. The Labute approximate surface area is 157 Å². The van der Waals surface area contributed by atoms with E-state index < -0.39 is 12.0 Å². The molecule has 0 bridgehead atoms. The van der Waals surface area contributed by atoms with Gasteiger partial charge in [0.25, 0.3) is 0 Å². The maximum atomic E-state index is 11.3. The second kappa shape index (κ2) is 10.7. The number of carbonyl (C=O) groups excluding carboxylic acids is 2. The molecule has 134 valence electrons. The first kappa shape index (κ1) is 20.9. The van der Waals surface area contributed by atoms with Crippen LogP contribution in [0.5, 0.6) is 0 Å². The van der Waals surface area contributed by atoms with Gasteiger partial charge < -0.3 is 10.1 Å². The van der Waals surface area contributed by atoms with Gasteiger partial charge in [-0.25, -0.2) is 4.79 Å². The lowest BCUT2D eigenvalue weighted by Gasteiger charge is -2.13. The van der Waals surface area contributed by atoms with Gasteiger partial charge in [0.1, 0.15) is 6.04 Å². The van der Waals surface area contributed by atoms with Gasteiger partial charge in [0.2, 0.25) is 6.41 Å². The molecular formula is C20H24BrNO3. The first-order valence-corrected chi connectivity index (χ1v) is 8.73.